The van der Waals surface area contributed by atoms with E-state index in [1.807, 2.05) is 0 Å². The van der Waals surface area contributed by atoms with Gasteiger partial charge >= 0.3 is 5.97 Å². The van der Waals surface area contributed by atoms with Gasteiger partial charge in [0.2, 0.25) is 5.16 Å². The number of nitrogens with zero attached hydrogens (tertiary/aromatic N) is 4. The average molecular weight is 268 g/mol. The Morgan fingerprint density at radius 2 is 2.11 bits per heavy atom. The van der Waals surface area contributed by atoms with Crippen LogP contribution in [0.4, 0.5) is 4.39 Å². The zero-order valence-corrected chi connectivity index (χ0v) is 9.97. The summed E-state index contributed by atoms with van der Waals surface area (Å²) >= 11 is 1.04. The maximum atomic E-state index is 12.7. The van der Waals surface area contributed by atoms with Crippen molar-refractivity contribution in [1.29, 1.82) is 0 Å². The van der Waals surface area contributed by atoms with Gasteiger partial charge in [-0.2, -0.15) is 0 Å². The third-order valence-electron chi connectivity index (χ3n) is 2.07. The Balaban J connectivity index is 2.07. The van der Waals surface area contributed by atoms with Gasteiger partial charge in [0.1, 0.15) is 5.82 Å². The first-order valence-corrected chi connectivity index (χ1v) is 5.99. The molecule has 0 aliphatic carbocycles. The number of carboxylic acids is 1. The Bertz CT molecular complexity index is 543. The molecule has 2 aromatic rings. The summed E-state index contributed by atoms with van der Waals surface area (Å²) in [7, 11) is 0. The molecule has 0 atom stereocenters. The van der Waals surface area contributed by atoms with E-state index in [4.69, 9.17) is 5.11 Å². The summed E-state index contributed by atoms with van der Waals surface area (Å²) in [4.78, 5) is 10.5. The number of rotatable bonds is 5. The molecule has 0 saturated heterocycles. The molecule has 18 heavy (non-hydrogen) atoms. The molecule has 94 valence electrons. The number of benzene rings is 1. The van der Waals surface area contributed by atoms with Gasteiger partial charge in [-0.05, 0) is 28.1 Å². The van der Waals surface area contributed by atoms with Crippen molar-refractivity contribution in [3.05, 3.63) is 35.6 Å². The average Bonchev–Trinajstić information content (AvgIpc) is 2.77. The van der Waals surface area contributed by atoms with Crippen molar-refractivity contribution in [2.24, 2.45) is 0 Å². The van der Waals surface area contributed by atoms with Crippen LogP contribution in [0.15, 0.2) is 29.4 Å². The van der Waals surface area contributed by atoms with Crippen molar-refractivity contribution in [1.82, 2.24) is 20.2 Å². The van der Waals surface area contributed by atoms with Gasteiger partial charge in [-0.1, -0.05) is 23.9 Å². The lowest BCUT2D eigenvalue weighted by Gasteiger charge is -2.03. The molecule has 0 amide bonds. The van der Waals surface area contributed by atoms with E-state index in [-0.39, 0.29) is 11.6 Å². The maximum Gasteiger partial charge on any atom is 0.313 e. The first-order chi connectivity index (χ1) is 8.65. The van der Waals surface area contributed by atoms with Gasteiger partial charge < -0.3 is 5.11 Å². The molecule has 0 fully saturated rings. The Morgan fingerprint density at radius 3 is 2.78 bits per heavy atom. The number of hydrogen-bond acceptors (Lipinski definition) is 5. The summed E-state index contributed by atoms with van der Waals surface area (Å²) in [5, 5.41) is 20.0. The second-order valence-electron chi connectivity index (χ2n) is 3.43. The van der Waals surface area contributed by atoms with Crippen LogP contribution in [0.1, 0.15) is 5.56 Å². The second kappa shape index (κ2) is 5.58. The van der Waals surface area contributed by atoms with Gasteiger partial charge in [0, 0.05) is 0 Å². The predicted molar refractivity (Wildman–Crippen MR) is 61.7 cm³/mol. The fraction of sp³-hybridized carbons (Fsp3) is 0.200. The molecule has 0 aliphatic heterocycles. The minimum absolute atomic E-state index is 0.107. The molecule has 0 saturated carbocycles. The number of tetrazole rings is 1. The van der Waals surface area contributed by atoms with Crippen molar-refractivity contribution < 1.29 is 14.3 Å². The summed E-state index contributed by atoms with van der Waals surface area (Å²) in [5.41, 5.74) is 0.834. The third kappa shape index (κ3) is 3.27. The molecule has 1 N–H and O–H groups in total. The van der Waals surface area contributed by atoms with Crippen molar-refractivity contribution in [3.63, 3.8) is 0 Å². The van der Waals surface area contributed by atoms with Crippen LogP contribution in [0, 0.1) is 5.82 Å². The van der Waals surface area contributed by atoms with Crippen LogP contribution in [0.2, 0.25) is 0 Å². The molecule has 0 bridgehead atoms. The van der Waals surface area contributed by atoms with Crippen molar-refractivity contribution >= 4 is 17.7 Å². The number of carboxylic acid groups (broad SMARTS) is 1. The fourth-order valence-electron chi connectivity index (χ4n) is 1.29. The topological polar surface area (TPSA) is 80.9 Å². The normalized spacial score (nSPS) is 10.5. The molecule has 1 aromatic heterocycles. The van der Waals surface area contributed by atoms with Crippen LogP contribution >= 0.6 is 11.8 Å². The summed E-state index contributed by atoms with van der Waals surface area (Å²) < 4.78 is 14.2. The Kier molecular flexibility index (Phi) is 3.88. The molecule has 6 nitrogen and oxygen atoms in total. The number of thioether (sulfide) groups is 1. The standard InChI is InChI=1S/C10H9FN4O2S/c11-8-3-1-7(2-4-8)5-15-10(12-13-14-15)18-6-9(16)17/h1-4H,5-6H2,(H,16,17). The summed E-state index contributed by atoms with van der Waals surface area (Å²) in [5.74, 6) is -1.35. The molecule has 0 unspecified atom stereocenters. The van der Waals surface area contributed by atoms with Crippen molar-refractivity contribution in [2.75, 3.05) is 5.75 Å². The minimum Gasteiger partial charge on any atom is -0.481 e. The molecule has 0 spiro atoms. The van der Waals surface area contributed by atoms with Gasteiger partial charge in [0.25, 0.3) is 0 Å². The van der Waals surface area contributed by atoms with Gasteiger partial charge in [0.15, 0.2) is 0 Å². The van der Waals surface area contributed by atoms with Gasteiger partial charge in [-0.15, -0.1) is 5.10 Å². The highest BCUT2D eigenvalue weighted by atomic mass is 32.2. The molecule has 0 aliphatic rings. The van der Waals surface area contributed by atoms with Crippen LogP contribution < -0.4 is 0 Å². The van der Waals surface area contributed by atoms with Gasteiger partial charge in [-0.25, -0.2) is 9.07 Å². The lowest BCUT2D eigenvalue weighted by atomic mass is 10.2. The van der Waals surface area contributed by atoms with E-state index in [9.17, 15) is 9.18 Å². The largest absolute Gasteiger partial charge is 0.481 e. The molecule has 1 heterocycles. The first-order valence-electron chi connectivity index (χ1n) is 5.00. The van der Waals surface area contributed by atoms with E-state index in [2.05, 4.69) is 15.5 Å². The zero-order chi connectivity index (χ0) is 13.0. The number of hydrogen-bond donors (Lipinski definition) is 1. The maximum absolute atomic E-state index is 12.7. The van der Waals surface area contributed by atoms with Crippen LogP contribution in [-0.2, 0) is 11.3 Å². The van der Waals surface area contributed by atoms with Gasteiger partial charge in [-0.3, -0.25) is 4.79 Å². The number of aliphatic carboxylic acids is 1. The van der Waals surface area contributed by atoms with E-state index in [0.717, 1.165) is 17.3 Å². The fourth-order valence-corrected chi connectivity index (χ4v) is 1.89. The monoisotopic (exact) mass is 268 g/mol. The van der Waals surface area contributed by atoms with Crippen molar-refractivity contribution in [3.8, 4) is 0 Å². The predicted octanol–water partition coefficient (Wildman–Crippen LogP) is 1.04. The zero-order valence-electron chi connectivity index (χ0n) is 9.15. The Hall–Kier alpha value is -1.96. The molecule has 0 radical (unpaired) electrons. The molecule has 8 heteroatoms. The number of carbonyl (C=O) groups is 1. The lowest BCUT2D eigenvalue weighted by molar-refractivity contribution is -0.133. The first kappa shape index (κ1) is 12.5. The quantitative estimate of drug-likeness (QED) is 0.816. The van der Waals surface area contributed by atoms with Crippen LogP contribution in [0.5, 0.6) is 0 Å². The second-order valence-corrected chi connectivity index (χ2v) is 4.37. The van der Waals surface area contributed by atoms with Crippen LogP contribution in [0.25, 0.3) is 0 Å². The molecule has 1 aromatic carbocycles. The van der Waals surface area contributed by atoms with E-state index >= 15 is 0 Å². The van der Waals surface area contributed by atoms with E-state index in [0.29, 0.717) is 11.7 Å². The molecular formula is C10H9FN4O2S. The van der Waals surface area contributed by atoms with E-state index < -0.39 is 5.97 Å². The SMILES string of the molecule is O=C(O)CSc1nnnn1Cc1ccc(F)cc1. The minimum atomic E-state index is -0.934. The third-order valence-corrected chi connectivity index (χ3v) is 3.01. The van der Waals surface area contributed by atoms with Crippen LogP contribution in [-0.4, -0.2) is 37.0 Å². The highest BCUT2D eigenvalue weighted by Gasteiger charge is 2.09. The highest BCUT2D eigenvalue weighted by Crippen LogP contribution is 2.14. The van der Waals surface area contributed by atoms with E-state index in [1.54, 1.807) is 12.1 Å². The molecular weight excluding hydrogens is 259 g/mol. The number of aromatic nitrogens is 4. The smallest absolute Gasteiger partial charge is 0.313 e. The lowest BCUT2D eigenvalue weighted by Crippen LogP contribution is -2.06. The number of halogens is 1. The van der Waals surface area contributed by atoms with Crippen LogP contribution in [0.3, 0.4) is 0 Å². The Labute approximate surface area is 106 Å². The highest BCUT2D eigenvalue weighted by molar-refractivity contribution is 7.99. The van der Waals surface area contributed by atoms with Crippen molar-refractivity contribution in [2.45, 2.75) is 11.7 Å². The Morgan fingerprint density at radius 1 is 1.39 bits per heavy atom. The van der Waals surface area contributed by atoms with E-state index in [1.165, 1.54) is 16.8 Å². The van der Waals surface area contributed by atoms with Gasteiger partial charge in [0.05, 0.1) is 12.3 Å². The summed E-state index contributed by atoms with van der Waals surface area (Å²) in [6.45, 7) is 0.370. The summed E-state index contributed by atoms with van der Waals surface area (Å²) in [6, 6.07) is 5.96. The summed E-state index contributed by atoms with van der Waals surface area (Å²) in [6.07, 6.45) is 0. The molecule has 2 rings (SSSR count).